The predicted octanol–water partition coefficient (Wildman–Crippen LogP) is 5.43. The standard InChI is InChI=1S/C25H22BrNO5/c26-20-9-10-23(32-22-8-4-7-18(12-22)13-24(28)29)19(14-20)15-27-21(16-31-25(27)30)11-17-5-2-1-3-6-17/h1-10,12,14,21H,11,13,15-16H2,(H,28,29)/t21-/m0/s1. The zero-order valence-corrected chi connectivity index (χ0v) is 18.8. The Morgan fingerprint density at radius 2 is 1.84 bits per heavy atom. The molecule has 1 aliphatic rings. The number of nitrogens with zero attached hydrogens (tertiary/aromatic N) is 1. The van der Waals surface area contributed by atoms with Gasteiger partial charge in [-0.1, -0.05) is 58.4 Å². The van der Waals surface area contributed by atoms with Crippen molar-refractivity contribution in [1.82, 2.24) is 4.90 Å². The van der Waals surface area contributed by atoms with Gasteiger partial charge in [0.1, 0.15) is 18.1 Å². The van der Waals surface area contributed by atoms with Crippen molar-refractivity contribution in [3.63, 3.8) is 0 Å². The van der Waals surface area contributed by atoms with E-state index in [0.717, 1.165) is 15.6 Å². The molecular weight excluding hydrogens is 474 g/mol. The highest BCUT2D eigenvalue weighted by molar-refractivity contribution is 9.10. The van der Waals surface area contributed by atoms with Crippen LogP contribution in [0.2, 0.25) is 0 Å². The van der Waals surface area contributed by atoms with Crippen LogP contribution < -0.4 is 4.74 Å². The molecular formula is C25H22BrNO5. The summed E-state index contributed by atoms with van der Waals surface area (Å²) in [6, 6.07) is 22.6. The second-order valence-corrected chi connectivity index (χ2v) is 8.54. The zero-order chi connectivity index (χ0) is 22.5. The lowest BCUT2D eigenvalue weighted by Gasteiger charge is -2.23. The van der Waals surface area contributed by atoms with Gasteiger partial charge in [0.15, 0.2) is 0 Å². The van der Waals surface area contributed by atoms with Crippen LogP contribution in [0.1, 0.15) is 16.7 Å². The van der Waals surface area contributed by atoms with Gasteiger partial charge in [0.25, 0.3) is 0 Å². The number of carbonyl (C=O) groups excluding carboxylic acids is 1. The van der Waals surface area contributed by atoms with Crippen molar-refractivity contribution >= 4 is 28.0 Å². The van der Waals surface area contributed by atoms with Crippen molar-refractivity contribution < 1.29 is 24.2 Å². The van der Waals surface area contributed by atoms with Gasteiger partial charge in [-0.3, -0.25) is 9.69 Å². The molecule has 0 aliphatic carbocycles. The van der Waals surface area contributed by atoms with Gasteiger partial charge in [-0.25, -0.2) is 4.79 Å². The van der Waals surface area contributed by atoms with Gasteiger partial charge in [0, 0.05) is 10.0 Å². The largest absolute Gasteiger partial charge is 0.481 e. The fourth-order valence-corrected chi connectivity index (χ4v) is 4.12. The Kier molecular flexibility index (Phi) is 6.75. The summed E-state index contributed by atoms with van der Waals surface area (Å²) in [5.74, 6) is 0.236. The topological polar surface area (TPSA) is 76.1 Å². The van der Waals surface area contributed by atoms with Crippen LogP contribution in [0.4, 0.5) is 4.79 Å². The fourth-order valence-electron chi connectivity index (χ4n) is 3.71. The number of carbonyl (C=O) groups is 2. The number of halogens is 1. The first-order chi connectivity index (χ1) is 15.5. The quantitative estimate of drug-likeness (QED) is 0.450. The Hall–Kier alpha value is -3.32. The molecule has 0 saturated carbocycles. The minimum atomic E-state index is -0.900. The van der Waals surface area contributed by atoms with E-state index in [4.69, 9.17) is 14.6 Å². The average molecular weight is 496 g/mol. The molecule has 0 bridgehead atoms. The molecule has 1 N–H and O–H groups in total. The van der Waals surface area contributed by atoms with Gasteiger partial charge >= 0.3 is 12.1 Å². The van der Waals surface area contributed by atoms with E-state index in [1.165, 1.54) is 0 Å². The summed E-state index contributed by atoms with van der Waals surface area (Å²) in [5.41, 5.74) is 2.61. The highest BCUT2D eigenvalue weighted by Crippen LogP contribution is 2.31. The van der Waals surface area contributed by atoms with E-state index in [1.54, 1.807) is 29.2 Å². The van der Waals surface area contributed by atoms with Crippen molar-refractivity contribution in [3.05, 3.63) is 94.0 Å². The van der Waals surface area contributed by atoms with Gasteiger partial charge < -0.3 is 14.6 Å². The fraction of sp³-hybridized carbons (Fsp3) is 0.200. The van der Waals surface area contributed by atoms with E-state index in [9.17, 15) is 9.59 Å². The molecule has 7 heteroatoms. The predicted molar refractivity (Wildman–Crippen MR) is 123 cm³/mol. The molecule has 1 aliphatic heterocycles. The molecule has 0 radical (unpaired) electrons. The first-order valence-corrected chi connectivity index (χ1v) is 11.0. The van der Waals surface area contributed by atoms with Crippen LogP contribution in [0, 0.1) is 0 Å². The molecule has 32 heavy (non-hydrogen) atoms. The molecule has 1 atom stereocenters. The summed E-state index contributed by atoms with van der Waals surface area (Å²) in [6.07, 6.45) is 0.277. The molecule has 0 unspecified atom stereocenters. The van der Waals surface area contributed by atoms with Gasteiger partial charge in [-0.15, -0.1) is 0 Å². The smallest absolute Gasteiger partial charge is 0.410 e. The number of amides is 1. The maximum atomic E-state index is 12.5. The van der Waals surface area contributed by atoms with Crippen LogP contribution in [0.5, 0.6) is 11.5 Å². The van der Waals surface area contributed by atoms with E-state index in [1.807, 2.05) is 48.5 Å². The number of cyclic esters (lactones) is 1. The van der Waals surface area contributed by atoms with Gasteiger partial charge in [0.05, 0.1) is 19.0 Å². The number of hydrogen-bond donors (Lipinski definition) is 1. The number of ether oxygens (including phenoxy) is 2. The molecule has 3 aromatic carbocycles. The van der Waals surface area contributed by atoms with Crippen molar-refractivity contribution in [2.24, 2.45) is 0 Å². The molecule has 0 aromatic heterocycles. The zero-order valence-electron chi connectivity index (χ0n) is 17.2. The Morgan fingerprint density at radius 1 is 1.06 bits per heavy atom. The van der Waals surface area contributed by atoms with E-state index < -0.39 is 5.97 Å². The summed E-state index contributed by atoms with van der Waals surface area (Å²) >= 11 is 3.50. The molecule has 164 valence electrons. The van der Waals surface area contributed by atoms with Gasteiger partial charge in [-0.05, 0) is 47.9 Å². The molecule has 1 amide bonds. The molecule has 0 spiro atoms. The van der Waals surface area contributed by atoms with Crippen molar-refractivity contribution in [2.75, 3.05) is 6.61 Å². The van der Waals surface area contributed by atoms with Crippen LogP contribution in [-0.4, -0.2) is 34.7 Å². The summed E-state index contributed by atoms with van der Waals surface area (Å²) in [7, 11) is 0. The number of rotatable bonds is 8. The van der Waals surface area contributed by atoms with Gasteiger partial charge in [-0.2, -0.15) is 0 Å². The number of hydrogen-bond acceptors (Lipinski definition) is 4. The van der Waals surface area contributed by atoms with Crippen LogP contribution >= 0.6 is 15.9 Å². The first kappa shape index (κ1) is 21.9. The number of aliphatic carboxylic acids is 1. The molecule has 1 heterocycles. The third kappa shape index (κ3) is 5.48. The normalized spacial score (nSPS) is 15.5. The summed E-state index contributed by atoms with van der Waals surface area (Å²) < 4.78 is 12.3. The number of benzene rings is 3. The van der Waals surface area contributed by atoms with Crippen molar-refractivity contribution in [1.29, 1.82) is 0 Å². The minimum Gasteiger partial charge on any atom is -0.481 e. The summed E-state index contributed by atoms with van der Waals surface area (Å²) in [6.45, 7) is 0.676. The second kappa shape index (κ2) is 9.87. The van der Waals surface area contributed by atoms with Crippen LogP contribution in [0.25, 0.3) is 0 Å². The summed E-state index contributed by atoms with van der Waals surface area (Å²) in [5, 5.41) is 9.04. The van der Waals surface area contributed by atoms with Crippen molar-refractivity contribution in [2.45, 2.75) is 25.4 Å². The molecule has 1 fully saturated rings. The first-order valence-electron chi connectivity index (χ1n) is 10.2. The average Bonchev–Trinajstić information content (AvgIpc) is 3.10. The van der Waals surface area contributed by atoms with E-state index in [0.29, 0.717) is 36.6 Å². The lowest BCUT2D eigenvalue weighted by Crippen LogP contribution is -2.34. The third-order valence-corrected chi connectivity index (χ3v) is 5.73. The number of carboxylic acids is 1. The Labute approximate surface area is 194 Å². The molecule has 1 saturated heterocycles. The molecule has 4 rings (SSSR count). The Balaban J connectivity index is 1.55. The molecule has 3 aromatic rings. The van der Waals surface area contributed by atoms with Crippen LogP contribution in [0.15, 0.2) is 77.3 Å². The highest BCUT2D eigenvalue weighted by Gasteiger charge is 2.33. The maximum absolute atomic E-state index is 12.5. The lowest BCUT2D eigenvalue weighted by molar-refractivity contribution is -0.136. The van der Waals surface area contributed by atoms with Gasteiger partial charge in [0.2, 0.25) is 0 Å². The van der Waals surface area contributed by atoms with Crippen molar-refractivity contribution in [3.8, 4) is 11.5 Å². The summed E-state index contributed by atoms with van der Waals surface area (Å²) in [4.78, 5) is 25.2. The van der Waals surface area contributed by atoms with E-state index in [2.05, 4.69) is 15.9 Å². The monoisotopic (exact) mass is 495 g/mol. The lowest BCUT2D eigenvalue weighted by atomic mass is 10.1. The maximum Gasteiger partial charge on any atom is 0.410 e. The third-order valence-electron chi connectivity index (χ3n) is 5.23. The van der Waals surface area contributed by atoms with Crippen LogP contribution in [-0.2, 0) is 28.9 Å². The van der Waals surface area contributed by atoms with Crippen LogP contribution in [0.3, 0.4) is 0 Å². The SMILES string of the molecule is O=C(O)Cc1cccc(Oc2ccc(Br)cc2CN2C(=O)OC[C@@H]2Cc2ccccc2)c1. The van der Waals surface area contributed by atoms with E-state index >= 15 is 0 Å². The molecule has 6 nitrogen and oxygen atoms in total. The highest BCUT2D eigenvalue weighted by atomic mass is 79.9. The Morgan fingerprint density at radius 3 is 2.62 bits per heavy atom. The second-order valence-electron chi connectivity index (χ2n) is 7.62. The van der Waals surface area contributed by atoms with E-state index in [-0.39, 0.29) is 18.6 Å². The number of carboxylic acid groups (broad SMARTS) is 1. The Bertz CT molecular complexity index is 1120. The minimum absolute atomic E-state index is 0.0735.